The Hall–Kier alpha value is -0.0400. The smallest absolute Gasteiger partial charge is 0.00667 e. The molecule has 1 fully saturated rings. The highest BCUT2D eigenvalue weighted by Crippen LogP contribution is 2.30. The number of hydrogen-bond donors (Lipinski definition) is 1. The standard InChI is InChI=1S/C13H27N/c1-5-10(2)12(4)14-11(3)9-13-7-6-8-13/h10-14H,5-9H2,1-4H3. The second-order valence-corrected chi connectivity index (χ2v) is 5.27. The van der Waals surface area contributed by atoms with Crippen molar-refractivity contribution in [2.45, 2.75) is 71.9 Å². The van der Waals surface area contributed by atoms with Crippen LogP contribution >= 0.6 is 0 Å². The quantitative estimate of drug-likeness (QED) is 0.686. The highest BCUT2D eigenvalue weighted by Gasteiger charge is 2.21. The maximum Gasteiger partial charge on any atom is 0.00667 e. The molecule has 0 aromatic rings. The van der Waals surface area contributed by atoms with Gasteiger partial charge in [-0.25, -0.2) is 0 Å². The molecular weight excluding hydrogens is 170 g/mol. The second kappa shape index (κ2) is 5.75. The molecule has 1 rings (SSSR count). The Labute approximate surface area is 89.7 Å². The maximum absolute atomic E-state index is 3.73. The van der Waals surface area contributed by atoms with Crippen molar-refractivity contribution in [1.82, 2.24) is 5.32 Å². The molecule has 0 saturated heterocycles. The summed E-state index contributed by atoms with van der Waals surface area (Å²) < 4.78 is 0. The third-order valence-electron chi connectivity index (χ3n) is 3.96. The maximum atomic E-state index is 3.73. The van der Waals surface area contributed by atoms with E-state index in [2.05, 4.69) is 33.0 Å². The predicted molar refractivity (Wildman–Crippen MR) is 63.5 cm³/mol. The molecule has 0 radical (unpaired) electrons. The molecule has 1 N–H and O–H groups in total. The van der Waals surface area contributed by atoms with Crippen molar-refractivity contribution in [3.8, 4) is 0 Å². The normalized spacial score (nSPS) is 24.0. The Morgan fingerprint density at radius 1 is 1.21 bits per heavy atom. The van der Waals surface area contributed by atoms with Crippen molar-refractivity contribution in [2.75, 3.05) is 0 Å². The molecule has 84 valence electrons. The van der Waals surface area contributed by atoms with Crippen LogP contribution in [0.4, 0.5) is 0 Å². The van der Waals surface area contributed by atoms with Crippen molar-refractivity contribution < 1.29 is 0 Å². The fourth-order valence-corrected chi connectivity index (χ4v) is 2.26. The molecule has 0 aromatic carbocycles. The van der Waals surface area contributed by atoms with Crippen LogP contribution in [0.3, 0.4) is 0 Å². The van der Waals surface area contributed by atoms with Crippen LogP contribution in [0.2, 0.25) is 0 Å². The fraction of sp³-hybridized carbons (Fsp3) is 1.00. The molecule has 1 aliphatic carbocycles. The first-order valence-corrected chi connectivity index (χ1v) is 6.39. The Balaban J connectivity index is 2.14. The van der Waals surface area contributed by atoms with Gasteiger partial charge in [0.25, 0.3) is 0 Å². The summed E-state index contributed by atoms with van der Waals surface area (Å²) in [5, 5.41) is 3.73. The summed E-state index contributed by atoms with van der Waals surface area (Å²) in [6.07, 6.45) is 7.09. The van der Waals surface area contributed by atoms with Gasteiger partial charge in [0, 0.05) is 12.1 Å². The van der Waals surface area contributed by atoms with Crippen LogP contribution in [0.15, 0.2) is 0 Å². The monoisotopic (exact) mass is 197 g/mol. The molecule has 0 heterocycles. The van der Waals surface area contributed by atoms with Gasteiger partial charge in [-0.1, -0.05) is 39.5 Å². The lowest BCUT2D eigenvalue weighted by molar-refractivity contribution is 0.247. The first kappa shape index (κ1) is 12.0. The van der Waals surface area contributed by atoms with E-state index in [4.69, 9.17) is 0 Å². The van der Waals surface area contributed by atoms with Crippen molar-refractivity contribution in [2.24, 2.45) is 11.8 Å². The van der Waals surface area contributed by atoms with Gasteiger partial charge in [0.15, 0.2) is 0 Å². The van der Waals surface area contributed by atoms with Gasteiger partial charge in [0.2, 0.25) is 0 Å². The Morgan fingerprint density at radius 3 is 2.29 bits per heavy atom. The van der Waals surface area contributed by atoms with Crippen molar-refractivity contribution in [1.29, 1.82) is 0 Å². The molecule has 0 bridgehead atoms. The Bertz CT molecular complexity index is 151. The van der Waals surface area contributed by atoms with Crippen molar-refractivity contribution in [3.63, 3.8) is 0 Å². The minimum atomic E-state index is 0.676. The predicted octanol–water partition coefficient (Wildman–Crippen LogP) is 3.59. The van der Waals surface area contributed by atoms with Crippen LogP contribution < -0.4 is 5.32 Å². The van der Waals surface area contributed by atoms with Gasteiger partial charge in [0.05, 0.1) is 0 Å². The average molecular weight is 197 g/mol. The van der Waals surface area contributed by atoms with Crippen LogP contribution in [0, 0.1) is 11.8 Å². The van der Waals surface area contributed by atoms with E-state index in [-0.39, 0.29) is 0 Å². The molecule has 0 aromatic heterocycles. The lowest BCUT2D eigenvalue weighted by atomic mass is 9.81. The molecule has 0 amide bonds. The Morgan fingerprint density at radius 2 is 1.86 bits per heavy atom. The highest BCUT2D eigenvalue weighted by atomic mass is 14.9. The zero-order chi connectivity index (χ0) is 10.6. The van der Waals surface area contributed by atoms with Crippen LogP contribution in [0.5, 0.6) is 0 Å². The van der Waals surface area contributed by atoms with Gasteiger partial charge in [-0.3, -0.25) is 0 Å². The molecule has 1 saturated carbocycles. The van der Waals surface area contributed by atoms with E-state index in [0.717, 1.165) is 11.8 Å². The molecule has 3 atom stereocenters. The van der Waals surface area contributed by atoms with E-state index in [9.17, 15) is 0 Å². The third-order valence-corrected chi connectivity index (χ3v) is 3.96. The largest absolute Gasteiger partial charge is 0.312 e. The van der Waals surface area contributed by atoms with E-state index in [0.29, 0.717) is 12.1 Å². The average Bonchev–Trinajstić information content (AvgIpc) is 2.10. The van der Waals surface area contributed by atoms with Gasteiger partial charge >= 0.3 is 0 Å². The van der Waals surface area contributed by atoms with Crippen LogP contribution in [-0.4, -0.2) is 12.1 Å². The summed E-state index contributed by atoms with van der Waals surface area (Å²) >= 11 is 0. The number of nitrogens with one attached hydrogen (secondary N) is 1. The fourth-order valence-electron chi connectivity index (χ4n) is 2.26. The summed E-state index contributed by atoms with van der Waals surface area (Å²) in [5.41, 5.74) is 0. The summed E-state index contributed by atoms with van der Waals surface area (Å²) in [5.74, 6) is 1.83. The third kappa shape index (κ3) is 3.61. The molecule has 1 aliphatic rings. The summed E-state index contributed by atoms with van der Waals surface area (Å²) in [4.78, 5) is 0. The van der Waals surface area contributed by atoms with Gasteiger partial charge in [-0.2, -0.15) is 0 Å². The van der Waals surface area contributed by atoms with Gasteiger partial charge in [-0.15, -0.1) is 0 Å². The van der Waals surface area contributed by atoms with Gasteiger partial charge < -0.3 is 5.32 Å². The molecular formula is C13H27N. The minimum absolute atomic E-state index is 0.676. The SMILES string of the molecule is CCC(C)C(C)NC(C)CC1CCC1. The molecule has 3 unspecified atom stereocenters. The van der Waals surface area contributed by atoms with Crippen LogP contribution in [0.1, 0.15) is 59.8 Å². The van der Waals surface area contributed by atoms with Crippen LogP contribution in [0.25, 0.3) is 0 Å². The summed E-state index contributed by atoms with van der Waals surface area (Å²) in [7, 11) is 0. The molecule has 0 spiro atoms. The van der Waals surface area contributed by atoms with Gasteiger partial charge in [0.1, 0.15) is 0 Å². The number of rotatable bonds is 6. The van der Waals surface area contributed by atoms with Crippen LogP contribution in [-0.2, 0) is 0 Å². The molecule has 1 nitrogen and oxygen atoms in total. The summed E-state index contributed by atoms with van der Waals surface area (Å²) in [6.45, 7) is 9.29. The van der Waals surface area contributed by atoms with Crippen molar-refractivity contribution in [3.05, 3.63) is 0 Å². The lowest BCUT2D eigenvalue weighted by Gasteiger charge is -2.31. The van der Waals surface area contributed by atoms with E-state index in [1.165, 1.54) is 32.1 Å². The van der Waals surface area contributed by atoms with E-state index < -0.39 is 0 Å². The van der Waals surface area contributed by atoms with Gasteiger partial charge in [-0.05, 0) is 32.1 Å². The first-order valence-electron chi connectivity index (χ1n) is 6.39. The Kier molecular flexibility index (Phi) is 4.94. The molecule has 1 heteroatoms. The zero-order valence-electron chi connectivity index (χ0n) is 10.3. The topological polar surface area (TPSA) is 12.0 Å². The minimum Gasteiger partial charge on any atom is -0.312 e. The first-order chi connectivity index (χ1) is 6.63. The van der Waals surface area contributed by atoms with E-state index >= 15 is 0 Å². The second-order valence-electron chi connectivity index (χ2n) is 5.27. The van der Waals surface area contributed by atoms with E-state index in [1.807, 2.05) is 0 Å². The molecule has 0 aliphatic heterocycles. The lowest BCUT2D eigenvalue weighted by Crippen LogP contribution is -2.40. The number of hydrogen-bond acceptors (Lipinski definition) is 1. The molecule has 14 heavy (non-hydrogen) atoms. The highest BCUT2D eigenvalue weighted by molar-refractivity contribution is 4.77. The zero-order valence-corrected chi connectivity index (χ0v) is 10.3. The van der Waals surface area contributed by atoms with Crippen molar-refractivity contribution >= 4 is 0 Å². The summed E-state index contributed by atoms with van der Waals surface area (Å²) in [6, 6.07) is 1.39. The van der Waals surface area contributed by atoms with E-state index in [1.54, 1.807) is 0 Å².